The molecule has 0 spiro atoms. The zero-order valence-electron chi connectivity index (χ0n) is 16.7. The van der Waals surface area contributed by atoms with Crippen LogP contribution in [0.3, 0.4) is 0 Å². The molecule has 7 nitrogen and oxygen atoms in total. The summed E-state index contributed by atoms with van der Waals surface area (Å²) >= 11 is 6.04. The second-order valence-corrected chi connectivity index (χ2v) is 7.99. The second-order valence-electron chi connectivity index (χ2n) is 7.55. The van der Waals surface area contributed by atoms with E-state index < -0.39 is 34.5 Å². The summed E-state index contributed by atoms with van der Waals surface area (Å²) in [5.41, 5.74) is -2.83. The van der Waals surface area contributed by atoms with Gasteiger partial charge in [0.2, 0.25) is 17.1 Å². The van der Waals surface area contributed by atoms with E-state index in [4.69, 9.17) is 31.2 Å². The maximum absolute atomic E-state index is 10.3. The molecule has 2 saturated heterocycles. The van der Waals surface area contributed by atoms with Crippen LogP contribution in [0.15, 0.2) is 48.5 Å². The molecule has 2 fully saturated rings. The molecule has 4 rings (SSSR count). The first-order chi connectivity index (χ1) is 14.8. The molecular formula is C23H17ClN4O3. The molecule has 4 unspecified atom stereocenters. The Labute approximate surface area is 184 Å². The number of fused-ring (bicyclic) bond motifs is 2. The lowest BCUT2D eigenvalue weighted by Gasteiger charge is -2.48. The van der Waals surface area contributed by atoms with E-state index in [1.165, 1.54) is 7.11 Å². The van der Waals surface area contributed by atoms with Crippen molar-refractivity contribution in [1.82, 2.24) is 0 Å². The number of hydrogen-bond acceptors (Lipinski definition) is 7. The van der Waals surface area contributed by atoms with Crippen LogP contribution in [-0.2, 0) is 15.3 Å². The monoisotopic (exact) mass is 432 g/mol. The Morgan fingerprint density at radius 3 is 2.13 bits per heavy atom. The minimum absolute atomic E-state index is 0.462. The van der Waals surface area contributed by atoms with E-state index >= 15 is 0 Å². The fourth-order valence-corrected chi connectivity index (χ4v) is 4.76. The lowest BCUT2D eigenvalue weighted by atomic mass is 9.53. The smallest absolute Gasteiger partial charge is 0.244 e. The zero-order valence-corrected chi connectivity index (χ0v) is 17.5. The van der Waals surface area contributed by atoms with Gasteiger partial charge in [-0.05, 0) is 29.8 Å². The molecule has 0 saturated carbocycles. The van der Waals surface area contributed by atoms with Crippen LogP contribution in [0.2, 0.25) is 5.02 Å². The van der Waals surface area contributed by atoms with Crippen molar-refractivity contribution < 1.29 is 14.2 Å². The molecule has 0 aliphatic carbocycles. The minimum atomic E-state index is -2.01. The third-order valence-electron chi connectivity index (χ3n) is 6.33. The fourth-order valence-electron chi connectivity index (χ4n) is 4.63. The summed E-state index contributed by atoms with van der Waals surface area (Å²) in [7, 11) is 1.53. The number of halogens is 1. The highest BCUT2D eigenvalue weighted by Gasteiger charge is 2.79. The van der Waals surface area contributed by atoms with Gasteiger partial charge in [-0.2, -0.15) is 15.8 Å². The highest BCUT2D eigenvalue weighted by molar-refractivity contribution is 6.30. The summed E-state index contributed by atoms with van der Waals surface area (Å²) in [6.45, 7) is 1.66. The molecule has 0 radical (unpaired) electrons. The van der Waals surface area contributed by atoms with Crippen molar-refractivity contribution in [2.75, 3.05) is 7.11 Å². The average Bonchev–Trinajstić information content (AvgIpc) is 2.96. The van der Waals surface area contributed by atoms with E-state index in [-0.39, 0.29) is 0 Å². The maximum atomic E-state index is 10.3. The topological polar surface area (TPSA) is 123 Å². The quantitative estimate of drug-likeness (QED) is 0.763. The summed E-state index contributed by atoms with van der Waals surface area (Å²) in [6, 6.07) is 19.5. The third kappa shape index (κ3) is 2.44. The van der Waals surface area contributed by atoms with Gasteiger partial charge >= 0.3 is 0 Å². The van der Waals surface area contributed by atoms with Crippen LogP contribution in [0.1, 0.15) is 24.2 Å². The van der Waals surface area contributed by atoms with Gasteiger partial charge in [0.1, 0.15) is 11.9 Å². The van der Waals surface area contributed by atoms with Crippen molar-refractivity contribution in [3.8, 4) is 24.0 Å². The lowest BCUT2D eigenvalue weighted by molar-refractivity contribution is -0.288. The van der Waals surface area contributed by atoms with Gasteiger partial charge in [-0.15, -0.1) is 0 Å². The van der Waals surface area contributed by atoms with Crippen LogP contribution in [0.25, 0.3) is 0 Å². The van der Waals surface area contributed by atoms with E-state index in [0.29, 0.717) is 21.9 Å². The Morgan fingerprint density at radius 2 is 1.61 bits per heavy atom. The SMILES string of the molecule is COc1ccc(C2OC3(c4ccc(Cl)cc4)OC(=N)C(C#N)(C3C)C2(C#N)C#N)cc1. The minimum Gasteiger partial charge on any atom is -0.497 e. The average molecular weight is 433 g/mol. The Hall–Kier alpha value is -3.57. The van der Waals surface area contributed by atoms with E-state index in [9.17, 15) is 15.8 Å². The Balaban J connectivity index is 2.00. The third-order valence-corrected chi connectivity index (χ3v) is 6.59. The van der Waals surface area contributed by atoms with Crippen molar-refractivity contribution in [2.24, 2.45) is 16.7 Å². The predicted molar refractivity (Wildman–Crippen MR) is 110 cm³/mol. The Kier molecular flexibility index (Phi) is 4.67. The van der Waals surface area contributed by atoms with Crippen molar-refractivity contribution in [2.45, 2.75) is 18.8 Å². The number of nitrogens with zero attached hydrogens (tertiary/aromatic N) is 3. The molecule has 31 heavy (non-hydrogen) atoms. The van der Waals surface area contributed by atoms with Gasteiger partial charge in [0.05, 0.1) is 31.2 Å². The standard InChI is InChI=1S/C23H17ClN4O3/c1-14-22(13-27)20(28)31-23(14,16-5-7-17(24)8-6-16)30-19(21(22,11-25)12-26)15-3-9-18(29-2)10-4-15/h3-10,14,19,28H,1-2H3. The summed E-state index contributed by atoms with van der Waals surface area (Å²) in [5, 5.41) is 39.8. The number of hydrogen-bond donors (Lipinski definition) is 1. The van der Waals surface area contributed by atoms with Crippen molar-refractivity contribution in [3.05, 3.63) is 64.7 Å². The first-order valence-corrected chi connectivity index (χ1v) is 9.82. The first-order valence-electron chi connectivity index (χ1n) is 9.45. The number of rotatable bonds is 3. The molecule has 0 aromatic heterocycles. The number of ether oxygens (including phenoxy) is 3. The van der Waals surface area contributed by atoms with Gasteiger partial charge in [-0.1, -0.05) is 42.8 Å². The van der Waals surface area contributed by atoms with Crippen LogP contribution in [0.4, 0.5) is 0 Å². The van der Waals surface area contributed by atoms with Crippen LogP contribution >= 0.6 is 11.6 Å². The van der Waals surface area contributed by atoms with Crippen molar-refractivity contribution >= 4 is 17.5 Å². The summed E-state index contributed by atoms with van der Waals surface area (Å²) in [6.07, 6.45) is -1.16. The number of methoxy groups -OCH3 is 1. The van der Waals surface area contributed by atoms with Crippen LogP contribution in [0, 0.1) is 56.2 Å². The number of benzene rings is 2. The molecule has 2 aromatic carbocycles. The Bertz CT molecular complexity index is 1160. The molecular weight excluding hydrogens is 416 g/mol. The maximum Gasteiger partial charge on any atom is 0.244 e. The Morgan fingerprint density at radius 1 is 1.00 bits per heavy atom. The molecule has 2 aliphatic rings. The molecule has 154 valence electrons. The van der Waals surface area contributed by atoms with Gasteiger partial charge in [0.25, 0.3) is 0 Å². The number of nitrogens with one attached hydrogen (secondary N) is 1. The van der Waals surface area contributed by atoms with Crippen LogP contribution in [-0.4, -0.2) is 13.0 Å². The normalized spacial score (nSPS) is 30.4. The van der Waals surface area contributed by atoms with Gasteiger partial charge in [-0.25, -0.2) is 0 Å². The van der Waals surface area contributed by atoms with Gasteiger partial charge in [-0.3, -0.25) is 5.41 Å². The molecule has 2 aromatic rings. The van der Waals surface area contributed by atoms with Gasteiger partial charge in [0.15, 0.2) is 5.41 Å². The zero-order chi connectivity index (χ0) is 22.4. The fraction of sp³-hybridized carbons (Fsp3) is 0.304. The molecule has 2 heterocycles. The summed E-state index contributed by atoms with van der Waals surface area (Å²) in [5.74, 6) is -2.25. The lowest BCUT2D eigenvalue weighted by Crippen LogP contribution is -2.57. The summed E-state index contributed by atoms with van der Waals surface area (Å²) in [4.78, 5) is 0. The molecule has 0 amide bonds. The molecule has 8 heteroatoms. The van der Waals surface area contributed by atoms with E-state index in [1.54, 1.807) is 55.5 Å². The van der Waals surface area contributed by atoms with Gasteiger partial charge in [0, 0.05) is 10.6 Å². The van der Waals surface area contributed by atoms with Crippen LogP contribution < -0.4 is 4.74 Å². The summed E-state index contributed by atoms with van der Waals surface area (Å²) < 4.78 is 17.5. The highest BCUT2D eigenvalue weighted by atomic mass is 35.5. The van der Waals surface area contributed by atoms with E-state index in [0.717, 1.165) is 0 Å². The predicted octanol–water partition coefficient (Wildman–Crippen LogP) is 4.46. The first kappa shape index (κ1) is 20.7. The molecule has 2 bridgehead atoms. The van der Waals surface area contributed by atoms with E-state index in [2.05, 4.69) is 6.07 Å². The number of nitriles is 3. The molecule has 1 N–H and O–H groups in total. The second kappa shape index (κ2) is 7.00. The van der Waals surface area contributed by atoms with Crippen molar-refractivity contribution in [3.63, 3.8) is 0 Å². The largest absolute Gasteiger partial charge is 0.497 e. The molecule has 4 atom stereocenters. The van der Waals surface area contributed by atoms with Crippen molar-refractivity contribution in [1.29, 1.82) is 21.2 Å². The van der Waals surface area contributed by atoms with Crippen LogP contribution in [0.5, 0.6) is 5.75 Å². The molecule has 2 aliphatic heterocycles. The van der Waals surface area contributed by atoms with Gasteiger partial charge < -0.3 is 14.2 Å². The highest BCUT2D eigenvalue weighted by Crippen LogP contribution is 2.68. The van der Waals surface area contributed by atoms with E-state index in [1.807, 2.05) is 12.1 Å².